The molecular weight excluding hydrogens is 214 g/mol. The van der Waals surface area contributed by atoms with E-state index < -0.39 is 0 Å². The molecule has 0 radical (unpaired) electrons. The van der Waals surface area contributed by atoms with Crippen molar-refractivity contribution in [2.45, 2.75) is 27.2 Å². The molecule has 0 atom stereocenters. The smallest absolute Gasteiger partial charge is 0.256 e. The summed E-state index contributed by atoms with van der Waals surface area (Å²) in [6, 6.07) is 5.64. The predicted octanol–water partition coefficient (Wildman–Crippen LogP) is 2.15. The molecule has 1 aromatic carbocycles. The first kappa shape index (κ1) is 13.5. The van der Waals surface area contributed by atoms with Crippen molar-refractivity contribution < 1.29 is 4.79 Å². The number of nitrogen functional groups attached to an aromatic ring is 1. The summed E-state index contributed by atoms with van der Waals surface area (Å²) in [5, 5.41) is 0. The Hall–Kier alpha value is -1.55. The largest absolute Gasteiger partial charge is 0.339 e. The van der Waals surface area contributed by atoms with E-state index in [1.54, 1.807) is 0 Å². The Kier molecular flexibility index (Phi) is 4.97. The highest BCUT2D eigenvalue weighted by atomic mass is 16.2. The van der Waals surface area contributed by atoms with Gasteiger partial charge in [-0.2, -0.15) is 0 Å². The van der Waals surface area contributed by atoms with Crippen molar-refractivity contribution in [1.82, 2.24) is 4.90 Å². The van der Waals surface area contributed by atoms with Gasteiger partial charge < -0.3 is 10.3 Å². The zero-order valence-corrected chi connectivity index (χ0v) is 10.8. The summed E-state index contributed by atoms with van der Waals surface area (Å²) in [5.41, 5.74) is 4.95. The minimum Gasteiger partial charge on any atom is -0.339 e. The molecule has 1 aromatic rings. The van der Waals surface area contributed by atoms with E-state index in [0.29, 0.717) is 17.8 Å². The first-order chi connectivity index (χ1) is 8.13. The number of hydrogen-bond acceptors (Lipinski definition) is 3. The zero-order valence-electron chi connectivity index (χ0n) is 10.8. The molecule has 0 spiro atoms. The highest BCUT2D eigenvalue weighted by Crippen LogP contribution is 2.18. The minimum absolute atomic E-state index is 0.0333. The standard InChI is InChI=1S/C13H21N3O/c1-4-8-16(5-2)13(17)11-9-10(3)6-7-12(11)15-14/h6-7,9,15H,4-5,8,14H2,1-3H3. The van der Waals surface area contributed by atoms with Crippen LogP contribution in [0.3, 0.4) is 0 Å². The van der Waals surface area contributed by atoms with Gasteiger partial charge in [-0.05, 0) is 32.4 Å². The molecular formula is C13H21N3O. The number of nitrogens with one attached hydrogen (secondary N) is 1. The van der Waals surface area contributed by atoms with Crippen molar-refractivity contribution >= 4 is 11.6 Å². The van der Waals surface area contributed by atoms with Crippen LogP contribution in [0.25, 0.3) is 0 Å². The number of hydrogen-bond donors (Lipinski definition) is 2. The van der Waals surface area contributed by atoms with E-state index in [4.69, 9.17) is 5.84 Å². The average molecular weight is 235 g/mol. The maximum atomic E-state index is 12.3. The first-order valence-electron chi connectivity index (χ1n) is 6.00. The Morgan fingerprint density at radius 2 is 2.12 bits per heavy atom. The number of hydrazine groups is 1. The van der Waals surface area contributed by atoms with Crippen LogP contribution in [-0.2, 0) is 0 Å². The lowest BCUT2D eigenvalue weighted by Crippen LogP contribution is -2.32. The van der Waals surface area contributed by atoms with Gasteiger partial charge in [-0.15, -0.1) is 0 Å². The van der Waals surface area contributed by atoms with Gasteiger partial charge in [-0.1, -0.05) is 18.6 Å². The molecule has 0 aliphatic heterocycles. The van der Waals surface area contributed by atoms with Gasteiger partial charge in [0.2, 0.25) is 0 Å². The van der Waals surface area contributed by atoms with Crippen LogP contribution in [0, 0.1) is 6.92 Å². The number of aryl methyl sites for hydroxylation is 1. The molecule has 0 aromatic heterocycles. The van der Waals surface area contributed by atoms with Gasteiger partial charge in [0.05, 0.1) is 11.3 Å². The summed E-state index contributed by atoms with van der Waals surface area (Å²) in [4.78, 5) is 14.2. The van der Waals surface area contributed by atoms with Crippen LogP contribution in [0.4, 0.5) is 5.69 Å². The number of amides is 1. The third-order valence-corrected chi connectivity index (χ3v) is 2.72. The van der Waals surface area contributed by atoms with Crippen LogP contribution in [0.5, 0.6) is 0 Å². The fraction of sp³-hybridized carbons (Fsp3) is 0.462. The molecule has 0 heterocycles. The average Bonchev–Trinajstić information content (AvgIpc) is 2.35. The molecule has 0 bridgehead atoms. The number of carbonyl (C=O) groups is 1. The summed E-state index contributed by atoms with van der Waals surface area (Å²) < 4.78 is 0. The normalized spacial score (nSPS) is 10.1. The Labute approximate surface area is 103 Å². The van der Waals surface area contributed by atoms with Crippen molar-refractivity contribution in [2.75, 3.05) is 18.5 Å². The SMILES string of the molecule is CCCN(CC)C(=O)c1cc(C)ccc1NN. The summed E-state index contributed by atoms with van der Waals surface area (Å²) in [7, 11) is 0. The molecule has 4 heteroatoms. The molecule has 0 fully saturated rings. The predicted molar refractivity (Wildman–Crippen MR) is 70.9 cm³/mol. The summed E-state index contributed by atoms with van der Waals surface area (Å²) in [6.07, 6.45) is 0.955. The number of anilines is 1. The lowest BCUT2D eigenvalue weighted by Gasteiger charge is -2.21. The molecule has 0 saturated heterocycles. The first-order valence-corrected chi connectivity index (χ1v) is 6.00. The number of carbonyl (C=O) groups excluding carboxylic acids is 1. The molecule has 17 heavy (non-hydrogen) atoms. The van der Waals surface area contributed by atoms with Gasteiger partial charge in [0.15, 0.2) is 0 Å². The third-order valence-electron chi connectivity index (χ3n) is 2.72. The molecule has 1 rings (SSSR count). The zero-order chi connectivity index (χ0) is 12.8. The van der Waals surface area contributed by atoms with Gasteiger partial charge >= 0.3 is 0 Å². The highest BCUT2D eigenvalue weighted by molar-refractivity contribution is 5.99. The molecule has 0 aliphatic carbocycles. The van der Waals surface area contributed by atoms with Crippen LogP contribution < -0.4 is 11.3 Å². The van der Waals surface area contributed by atoms with Crippen molar-refractivity contribution in [3.8, 4) is 0 Å². The van der Waals surface area contributed by atoms with E-state index in [1.807, 2.05) is 36.9 Å². The molecule has 3 N–H and O–H groups in total. The fourth-order valence-corrected chi connectivity index (χ4v) is 1.80. The quantitative estimate of drug-likeness (QED) is 0.607. The molecule has 4 nitrogen and oxygen atoms in total. The van der Waals surface area contributed by atoms with Crippen LogP contribution in [0.15, 0.2) is 18.2 Å². The molecule has 0 aliphatic rings. The maximum absolute atomic E-state index is 12.3. The van der Waals surface area contributed by atoms with Gasteiger partial charge in [0, 0.05) is 13.1 Å². The second-order valence-corrected chi connectivity index (χ2v) is 4.08. The van der Waals surface area contributed by atoms with Crippen molar-refractivity contribution in [1.29, 1.82) is 0 Å². The van der Waals surface area contributed by atoms with Crippen LogP contribution in [0.1, 0.15) is 36.2 Å². The van der Waals surface area contributed by atoms with Crippen LogP contribution in [-0.4, -0.2) is 23.9 Å². The molecule has 0 unspecified atom stereocenters. The third kappa shape index (κ3) is 3.20. The van der Waals surface area contributed by atoms with E-state index in [1.165, 1.54) is 0 Å². The number of benzene rings is 1. The number of nitrogens with two attached hydrogens (primary N) is 1. The maximum Gasteiger partial charge on any atom is 0.256 e. The molecule has 94 valence electrons. The lowest BCUT2D eigenvalue weighted by atomic mass is 10.1. The van der Waals surface area contributed by atoms with Crippen molar-refractivity contribution in [3.63, 3.8) is 0 Å². The Morgan fingerprint density at radius 1 is 1.41 bits per heavy atom. The Morgan fingerprint density at radius 3 is 2.65 bits per heavy atom. The van der Waals surface area contributed by atoms with Gasteiger partial charge in [0.1, 0.15) is 0 Å². The summed E-state index contributed by atoms with van der Waals surface area (Å²) >= 11 is 0. The van der Waals surface area contributed by atoms with E-state index in [0.717, 1.165) is 18.5 Å². The van der Waals surface area contributed by atoms with Gasteiger partial charge in [-0.25, -0.2) is 0 Å². The molecule has 0 saturated carbocycles. The summed E-state index contributed by atoms with van der Waals surface area (Å²) in [5.74, 6) is 5.47. The van der Waals surface area contributed by atoms with Gasteiger partial charge in [-0.3, -0.25) is 10.6 Å². The number of nitrogens with zero attached hydrogens (tertiary/aromatic N) is 1. The van der Waals surface area contributed by atoms with Crippen LogP contribution >= 0.6 is 0 Å². The topological polar surface area (TPSA) is 58.4 Å². The summed E-state index contributed by atoms with van der Waals surface area (Å²) in [6.45, 7) is 7.50. The van der Waals surface area contributed by atoms with Crippen molar-refractivity contribution in [3.05, 3.63) is 29.3 Å². The van der Waals surface area contributed by atoms with E-state index >= 15 is 0 Å². The second kappa shape index (κ2) is 6.25. The number of rotatable bonds is 5. The highest BCUT2D eigenvalue weighted by Gasteiger charge is 2.16. The van der Waals surface area contributed by atoms with Gasteiger partial charge in [0.25, 0.3) is 5.91 Å². The van der Waals surface area contributed by atoms with E-state index in [-0.39, 0.29) is 5.91 Å². The fourth-order valence-electron chi connectivity index (χ4n) is 1.80. The van der Waals surface area contributed by atoms with Crippen molar-refractivity contribution in [2.24, 2.45) is 5.84 Å². The minimum atomic E-state index is 0.0333. The van der Waals surface area contributed by atoms with E-state index in [9.17, 15) is 4.79 Å². The molecule has 1 amide bonds. The Bertz CT molecular complexity index is 390. The Balaban J connectivity index is 3.04. The van der Waals surface area contributed by atoms with E-state index in [2.05, 4.69) is 12.3 Å². The monoisotopic (exact) mass is 235 g/mol. The second-order valence-electron chi connectivity index (χ2n) is 4.08. The lowest BCUT2D eigenvalue weighted by molar-refractivity contribution is 0.0765. The van der Waals surface area contributed by atoms with Crippen LogP contribution in [0.2, 0.25) is 0 Å².